The van der Waals surface area contributed by atoms with Crippen LogP contribution in [-0.4, -0.2) is 28.5 Å². The highest BCUT2D eigenvalue weighted by Gasteiger charge is 2.30. The standard InChI is InChI=1S/C23H26N4O/c1-26-21-9-5-4-8-20(21)25-23(26)27-14-12-17(13-15-27)22(28)24-19-11-10-16-6-2-3-7-18(16)19/h2-9,17,19H,10-15H2,1H3,(H,24,28)/t19-/m0/s1. The first kappa shape index (κ1) is 17.3. The number of benzene rings is 2. The molecule has 1 N–H and O–H groups in total. The van der Waals surface area contributed by atoms with E-state index in [1.165, 1.54) is 11.1 Å². The molecule has 1 atom stereocenters. The SMILES string of the molecule is Cn1c(N2CCC(C(=O)N[C@H]3CCc4ccccc43)CC2)nc2ccccc21. The Morgan fingerprint density at radius 3 is 2.61 bits per heavy atom. The van der Waals surface area contributed by atoms with E-state index in [9.17, 15) is 4.79 Å². The molecule has 1 fully saturated rings. The van der Waals surface area contributed by atoms with Crippen molar-refractivity contribution in [3.05, 3.63) is 59.7 Å². The molecule has 0 unspecified atom stereocenters. The Kier molecular flexibility index (Phi) is 4.30. The number of imidazole rings is 1. The van der Waals surface area contributed by atoms with Crippen LogP contribution in [0.15, 0.2) is 48.5 Å². The zero-order valence-corrected chi connectivity index (χ0v) is 16.3. The maximum absolute atomic E-state index is 12.9. The lowest BCUT2D eigenvalue weighted by Gasteiger charge is -2.32. The molecule has 5 rings (SSSR count). The van der Waals surface area contributed by atoms with E-state index in [4.69, 9.17) is 4.98 Å². The van der Waals surface area contributed by atoms with Crippen molar-refractivity contribution in [3.8, 4) is 0 Å². The summed E-state index contributed by atoms with van der Waals surface area (Å²) in [4.78, 5) is 20.0. The Morgan fingerprint density at radius 2 is 1.79 bits per heavy atom. The third-order valence-electron chi connectivity index (χ3n) is 6.36. The van der Waals surface area contributed by atoms with Crippen molar-refractivity contribution in [2.24, 2.45) is 13.0 Å². The lowest BCUT2D eigenvalue weighted by Crippen LogP contribution is -2.42. The molecule has 5 heteroatoms. The molecule has 1 aliphatic carbocycles. The fourth-order valence-electron chi connectivity index (χ4n) is 4.75. The van der Waals surface area contributed by atoms with Crippen molar-refractivity contribution in [2.75, 3.05) is 18.0 Å². The van der Waals surface area contributed by atoms with Crippen LogP contribution >= 0.6 is 0 Å². The number of amides is 1. The minimum absolute atomic E-state index is 0.0960. The number of aryl methyl sites for hydroxylation is 2. The largest absolute Gasteiger partial charge is 0.349 e. The van der Waals surface area contributed by atoms with Gasteiger partial charge < -0.3 is 14.8 Å². The minimum atomic E-state index is 0.0960. The molecule has 0 bridgehead atoms. The first-order valence-corrected chi connectivity index (χ1v) is 10.3. The van der Waals surface area contributed by atoms with Crippen LogP contribution in [0, 0.1) is 5.92 Å². The smallest absolute Gasteiger partial charge is 0.223 e. The summed E-state index contributed by atoms with van der Waals surface area (Å²) in [6.07, 6.45) is 3.84. The second-order valence-corrected chi connectivity index (χ2v) is 8.02. The number of piperidine rings is 1. The summed E-state index contributed by atoms with van der Waals surface area (Å²) in [5.74, 6) is 1.31. The van der Waals surface area contributed by atoms with Crippen molar-refractivity contribution in [1.29, 1.82) is 0 Å². The Hall–Kier alpha value is -2.82. The second kappa shape index (κ2) is 6.97. The summed E-state index contributed by atoms with van der Waals surface area (Å²) in [7, 11) is 2.07. The maximum atomic E-state index is 12.9. The van der Waals surface area contributed by atoms with Gasteiger partial charge in [-0.2, -0.15) is 0 Å². The van der Waals surface area contributed by atoms with Gasteiger partial charge in [-0.15, -0.1) is 0 Å². The molecule has 1 aromatic heterocycles. The highest BCUT2D eigenvalue weighted by Crippen LogP contribution is 2.32. The zero-order chi connectivity index (χ0) is 19.1. The van der Waals surface area contributed by atoms with Gasteiger partial charge in [0, 0.05) is 26.1 Å². The van der Waals surface area contributed by atoms with Gasteiger partial charge in [0.25, 0.3) is 0 Å². The minimum Gasteiger partial charge on any atom is -0.349 e. The Bertz CT molecular complexity index is 1020. The van der Waals surface area contributed by atoms with Gasteiger partial charge in [-0.1, -0.05) is 36.4 Å². The number of para-hydroxylation sites is 2. The van der Waals surface area contributed by atoms with Crippen molar-refractivity contribution in [2.45, 2.75) is 31.7 Å². The molecule has 28 heavy (non-hydrogen) atoms. The normalized spacial score (nSPS) is 19.8. The van der Waals surface area contributed by atoms with Gasteiger partial charge in [0.1, 0.15) is 0 Å². The van der Waals surface area contributed by atoms with Crippen LogP contribution < -0.4 is 10.2 Å². The molecule has 1 saturated heterocycles. The predicted octanol–water partition coefficient (Wildman–Crippen LogP) is 3.59. The molecule has 144 valence electrons. The quantitative estimate of drug-likeness (QED) is 0.762. The van der Waals surface area contributed by atoms with E-state index in [-0.39, 0.29) is 17.9 Å². The van der Waals surface area contributed by atoms with Crippen LogP contribution in [0.25, 0.3) is 11.0 Å². The molecule has 2 aliphatic rings. The summed E-state index contributed by atoms with van der Waals surface area (Å²) in [5.41, 5.74) is 4.86. The number of anilines is 1. The van der Waals surface area contributed by atoms with E-state index >= 15 is 0 Å². The van der Waals surface area contributed by atoms with Crippen LogP contribution in [0.2, 0.25) is 0 Å². The van der Waals surface area contributed by atoms with E-state index in [1.807, 2.05) is 12.1 Å². The fraction of sp³-hybridized carbons (Fsp3) is 0.391. The van der Waals surface area contributed by atoms with Crippen LogP contribution in [0.5, 0.6) is 0 Å². The Balaban J connectivity index is 1.23. The number of hydrogen-bond acceptors (Lipinski definition) is 3. The number of nitrogens with one attached hydrogen (secondary N) is 1. The van der Waals surface area contributed by atoms with Gasteiger partial charge in [0.2, 0.25) is 11.9 Å². The molecular weight excluding hydrogens is 348 g/mol. The van der Waals surface area contributed by atoms with E-state index in [1.54, 1.807) is 0 Å². The predicted molar refractivity (Wildman–Crippen MR) is 111 cm³/mol. The first-order chi connectivity index (χ1) is 13.7. The van der Waals surface area contributed by atoms with Crippen LogP contribution in [0.3, 0.4) is 0 Å². The monoisotopic (exact) mass is 374 g/mol. The average molecular weight is 374 g/mol. The van der Waals surface area contributed by atoms with Crippen molar-refractivity contribution >= 4 is 22.9 Å². The van der Waals surface area contributed by atoms with Gasteiger partial charge in [-0.25, -0.2) is 4.98 Å². The van der Waals surface area contributed by atoms with Crippen molar-refractivity contribution < 1.29 is 4.79 Å². The molecule has 5 nitrogen and oxygen atoms in total. The van der Waals surface area contributed by atoms with Gasteiger partial charge in [-0.3, -0.25) is 4.79 Å². The number of nitrogens with zero attached hydrogens (tertiary/aromatic N) is 3. The average Bonchev–Trinajstić information content (AvgIpc) is 3.30. The molecule has 1 amide bonds. The molecule has 2 aromatic carbocycles. The summed E-state index contributed by atoms with van der Waals surface area (Å²) in [5, 5.41) is 3.31. The second-order valence-electron chi connectivity index (χ2n) is 8.02. The molecule has 2 heterocycles. The number of carbonyl (C=O) groups is 1. The molecule has 0 saturated carbocycles. The number of hydrogen-bond donors (Lipinski definition) is 1. The van der Waals surface area contributed by atoms with Crippen LogP contribution in [0.1, 0.15) is 36.4 Å². The van der Waals surface area contributed by atoms with Crippen molar-refractivity contribution in [1.82, 2.24) is 14.9 Å². The molecule has 0 spiro atoms. The Morgan fingerprint density at radius 1 is 1.04 bits per heavy atom. The topological polar surface area (TPSA) is 50.2 Å². The van der Waals surface area contributed by atoms with E-state index in [0.717, 1.165) is 55.8 Å². The van der Waals surface area contributed by atoms with Gasteiger partial charge in [0.15, 0.2) is 0 Å². The van der Waals surface area contributed by atoms with Gasteiger partial charge in [0.05, 0.1) is 17.1 Å². The number of aromatic nitrogens is 2. The van der Waals surface area contributed by atoms with Gasteiger partial charge in [-0.05, 0) is 48.9 Å². The summed E-state index contributed by atoms with van der Waals surface area (Å²) in [6.45, 7) is 1.74. The van der Waals surface area contributed by atoms with E-state index in [0.29, 0.717) is 0 Å². The summed E-state index contributed by atoms with van der Waals surface area (Å²) < 4.78 is 2.16. The van der Waals surface area contributed by atoms with E-state index in [2.05, 4.69) is 58.2 Å². The highest BCUT2D eigenvalue weighted by molar-refractivity contribution is 5.80. The number of fused-ring (bicyclic) bond motifs is 2. The Labute approximate surface area is 165 Å². The summed E-state index contributed by atoms with van der Waals surface area (Å²) >= 11 is 0. The lowest BCUT2D eigenvalue weighted by atomic mass is 9.95. The molecule has 1 aliphatic heterocycles. The molecular formula is C23H26N4O. The summed E-state index contributed by atoms with van der Waals surface area (Å²) in [6, 6.07) is 16.9. The molecule has 3 aromatic rings. The molecule has 0 radical (unpaired) electrons. The highest BCUT2D eigenvalue weighted by atomic mass is 16.2. The fourth-order valence-corrected chi connectivity index (χ4v) is 4.75. The number of rotatable bonds is 3. The third kappa shape index (κ3) is 2.95. The van der Waals surface area contributed by atoms with Crippen LogP contribution in [0.4, 0.5) is 5.95 Å². The maximum Gasteiger partial charge on any atom is 0.223 e. The lowest BCUT2D eigenvalue weighted by molar-refractivity contribution is -0.126. The number of carbonyl (C=O) groups excluding carboxylic acids is 1. The third-order valence-corrected chi connectivity index (χ3v) is 6.36. The van der Waals surface area contributed by atoms with Crippen LogP contribution in [-0.2, 0) is 18.3 Å². The van der Waals surface area contributed by atoms with Gasteiger partial charge >= 0.3 is 0 Å². The zero-order valence-electron chi connectivity index (χ0n) is 16.3. The van der Waals surface area contributed by atoms with E-state index < -0.39 is 0 Å². The first-order valence-electron chi connectivity index (χ1n) is 10.3. The van der Waals surface area contributed by atoms with Crippen molar-refractivity contribution in [3.63, 3.8) is 0 Å².